The predicted octanol–water partition coefficient (Wildman–Crippen LogP) is -0.864. The first-order valence-corrected chi connectivity index (χ1v) is 21.2. The lowest BCUT2D eigenvalue weighted by molar-refractivity contribution is -0.702. The summed E-state index contributed by atoms with van der Waals surface area (Å²) in [5.74, 6) is -1.07. The molecule has 9 N–H and O–H groups in total. The molecule has 0 aliphatic carbocycles. The lowest BCUT2D eigenvalue weighted by Crippen LogP contribution is -2.44. The molecular formula is C36H51FN4O17P2+2. The summed E-state index contributed by atoms with van der Waals surface area (Å²) >= 11 is 0. The summed E-state index contributed by atoms with van der Waals surface area (Å²) in [5, 5.41) is 22.3. The number of nitrogens with one attached hydrogen (secondary N) is 2. The van der Waals surface area contributed by atoms with Crippen molar-refractivity contribution in [3.05, 3.63) is 78.1 Å². The molecule has 0 saturated carbocycles. The molecule has 21 nitrogen and oxygen atoms in total. The number of halogens is 1. The summed E-state index contributed by atoms with van der Waals surface area (Å²) < 4.78 is 71.6. The number of rotatable bonds is 27. The Morgan fingerprint density at radius 2 is 1.62 bits per heavy atom. The molecule has 4 rings (SSSR count). The number of Topliss-reactive ketones (excluding diaryl/α,β-unsaturated/α-hetero) is 1. The number of carbonyl (C=O) groups is 3. The number of ketones is 1. The third-order valence-corrected chi connectivity index (χ3v) is 11.7. The Labute approximate surface area is 344 Å². The van der Waals surface area contributed by atoms with Gasteiger partial charge in [0.2, 0.25) is 12.2 Å². The molecule has 2 amide bonds. The van der Waals surface area contributed by atoms with Crippen LogP contribution in [0.5, 0.6) is 11.5 Å². The van der Waals surface area contributed by atoms with Gasteiger partial charge in [-0.2, -0.15) is 4.89 Å². The number of carbonyl (C=O) groups excluding carboxylic acids is 3. The summed E-state index contributed by atoms with van der Waals surface area (Å²) in [7, 11) is -8.98. The largest absolute Gasteiger partial charge is 0.559 e. The zero-order valence-corrected chi connectivity index (χ0v) is 34.2. The first kappa shape index (κ1) is 50.1. The fraction of sp³-hybridized carbons (Fsp3) is 0.500. The molecule has 1 aromatic heterocycles. The average Bonchev–Trinajstić information content (AvgIpc) is 3.63. The summed E-state index contributed by atoms with van der Waals surface area (Å²) in [5.41, 5.74) is 1.05. The maximum atomic E-state index is 13.3. The number of ether oxygens (including phenoxy) is 6. The fourth-order valence-corrected chi connectivity index (χ4v) is 6.98. The summed E-state index contributed by atoms with van der Waals surface area (Å²) in [6.07, 6.45) is 2.97. The molecular weight excluding hydrogens is 841 g/mol. The van der Waals surface area contributed by atoms with Crippen molar-refractivity contribution in [2.45, 2.75) is 36.6 Å². The van der Waals surface area contributed by atoms with E-state index in [4.69, 9.17) is 28.4 Å². The van der Waals surface area contributed by atoms with E-state index in [1.54, 1.807) is 30.3 Å². The van der Waals surface area contributed by atoms with Gasteiger partial charge in [0, 0.05) is 25.6 Å². The first-order chi connectivity index (χ1) is 28.2. The van der Waals surface area contributed by atoms with Gasteiger partial charge in [0.1, 0.15) is 49.0 Å². The monoisotopic (exact) mass is 892 g/mol. The van der Waals surface area contributed by atoms with Gasteiger partial charge in [-0.25, -0.2) is 13.5 Å². The van der Waals surface area contributed by atoms with Crippen LogP contribution in [0.3, 0.4) is 0 Å². The summed E-state index contributed by atoms with van der Waals surface area (Å²) in [6, 6.07) is 10.5. The van der Waals surface area contributed by atoms with E-state index in [2.05, 4.69) is 10.6 Å². The zero-order chi connectivity index (χ0) is 42.8. The summed E-state index contributed by atoms with van der Waals surface area (Å²) in [4.78, 5) is 65.0. The molecule has 2 heterocycles. The second-order valence-corrected chi connectivity index (χ2v) is 16.6. The van der Waals surface area contributed by atoms with Gasteiger partial charge in [-0.3, -0.25) is 18.9 Å². The number of aromatic nitrogens is 2. The highest BCUT2D eigenvalue weighted by Crippen LogP contribution is 2.60. The molecule has 0 spiro atoms. The highest BCUT2D eigenvalue weighted by molar-refractivity contribution is 7.66. The first-order valence-electron chi connectivity index (χ1n) is 18.4. The van der Waals surface area contributed by atoms with Crippen LogP contribution in [0, 0.1) is 5.82 Å². The topological polar surface area (TPSA) is 306 Å². The van der Waals surface area contributed by atoms with Gasteiger partial charge in [-0.1, -0.05) is 12.1 Å². The number of amides is 2. The van der Waals surface area contributed by atoms with Crippen molar-refractivity contribution in [2.24, 2.45) is 0 Å². The third kappa shape index (κ3) is 16.0. The Kier molecular flexibility index (Phi) is 20.7. The van der Waals surface area contributed by atoms with E-state index < -0.39 is 39.3 Å². The van der Waals surface area contributed by atoms with Crippen molar-refractivity contribution in [3.63, 3.8) is 0 Å². The van der Waals surface area contributed by atoms with Crippen LogP contribution in [0.2, 0.25) is 0 Å². The van der Waals surface area contributed by atoms with E-state index in [1.165, 1.54) is 35.4 Å². The van der Waals surface area contributed by atoms with E-state index in [-0.39, 0.29) is 94.6 Å². The lowest BCUT2D eigenvalue weighted by Gasteiger charge is -2.24. The van der Waals surface area contributed by atoms with Crippen LogP contribution in [0.15, 0.2) is 61.2 Å². The molecule has 4 atom stereocenters. The fourth-order valence-electron chi connectivity index (χ4n) is 5.46. The van der Waals surface area contributed by atoms with Gasteiger partial charge >= 0.3 is 20.7 Å². The molecule has 4 unspecified atom stereocenters. The maximum absolute atomic E-state index is 13.3. The van der Waals surface area contributed by atoms with Crippen molar-refractivity contribution in [1.82, 2.24) is 15.2 Å². The molecule has 1 aliphatic rings. The number of aliphatic hydroxyl groups excluding tert-OH is 1. The number of nitrogens with zero attached hydrogens (tertiary/aromatic N) is 2. The minimum atomic E-state index is -5.35. The SMILES string of the molecule is O.O=C(CCOCCOCCOCCOCCNC(=O)COc1ccc2c(c1)OCC(c1ccc(F)cc1)C2=O)NCC(O)Cn1cc[n+](CC(O)([P+](=O)O)P(=O)(O)O)c1. The molecule has 2 aromatic carbocycles. The highest BCUT2D eigenvalue weighted by Gasteiger charge is 2.65. The smallest absolute Gasteiger partial charge is 0.492 e. The number of hydrogen-bond acceptors (Lipinski definition) is 13. The van der Waals surface area contributed by atoms with Crippen LogP contribution < -0.4 is 24.7 Å². The minimum absolute atomic E-state index is 0. The number of imidazole rings is 1. The van der Waals surface area contributed by atoms with E-state index in [0.29, 0.717) is 49.1 Å². The second kappa shape index (κ2) is 24.8. The molecule has 0 bridgehead atoms. The van der Waals surface area contributed by atoms with Crippen LogP contribution in [-0.4, -0.2) is 143 Å². The minimum Gasteiger partial charge on any atom is -0.492 e. The Morgan fingerprint density at radius 1 is 0.983 bits per heavy atom. The number of benzene rings is 2. The molecule has 24 heteroatoms. The number of fused-ring (bicyclic) bond motifs is 1. The zero-order valence-electron chi connectivity index (χ0n) is 32.4. The van der Waals surface area contributed by atoms with Crippen molar-refractivity contribution in [3.8, 4) is 11.5 Å². The molecule has 3 aromatic rings. The molecule has 332 valence electrons. The highest BCUT2D eigenvalue weighted by atomic mass is 31.2. The molecule has 0 saturated heterocycles. The Morgan fingerprint density at radius 3 is 2.25 bits per heavy atom. The molecule has 60 heavy (non-hydrogen) atoms. The van der Waals surface area contributed by atoms with Crippen molar-refractivity contribution in [1.29, 1.82) is 0 Å². The van der Waals surface area contributed by atoms with Crippen LogP contribution in [0.25, 0.3) is 0 Å². The van der Waals surface area contributed by atoms with Gasteiger partial charge in [0.15, 0.2) is 18.9 Å². The van der Waals surface area contributed by atoms with Gasteiger partial charge in [-0.05, 0) is 34.4 Å². The normalized spacial score (nSPS) is 15.5. The average molecular weight is 893 g/mol. The lowest BCUT2D eigenvalue weighted by atomic mass is 9.89. The van der Waals surface area contributed by atoms with Crippen molar-refractivity contribution >= 4 is 33.2 Å². The summed E-state index contributed by atoms with van der Waals surface area (Å²) in [6.45, 7) is 1.29. The Bertz CT molecular complexity index is 1900. The van der Waals surface area contributed by atoms with Gasteiger partial charge in [0.25, 0.3) is 5.91 Å². The van der Waals surface area contributed by atoms with Crippen LogP contribution in [-0.2, 0) is 50.8 Å². The van der Waals surface area contributed by atoms with Crippen molar-refractivity contribution in [2.75, 3.05) is 79.2 Å². The molecule has 1 aliphatic heterocycles. The van der Waals surface area contributed by atoms with Crippen LogP contribution in [0.1, 0.15) is 28.3 Å². The van der Waals surface area contributed by atoms with E-state index in [0.717, 1.165) is 4.57 Å². The van der Waals surface area contributed by atoms with E-state index in [1.807, 2.05) is 0 Å². The van der Waals surface area contributed by atoms with Gasteiger partial charge in [0.05, 0.1) is 64.3 Å². The van der Waals surface area contributed by atoms with Crippen LogP contribution >= 0.6 is 15.6 Å². The Balaban J connectivity index is 0.00000961. The molecule has 0 fully saturated rings. The van der Waals surface area contributed by atoms with Crippen LogP contribution in [0.4, 0.5) is 4.39 Å². The standard InChI is InChI=1S/C36H47FN4O16P2.H2O/c37-27-3-1-26(2-4-27)31-22-57-32-19-29(5-6-30(32)35(31)45)56-23-34(44)38-8-12-53-14-16-55-18-17-54-15-13-52-11-7-33(43)39-20-28(42)21-40-9-10-41(25-40)24-36(46,58(47)48)59(49,50)51;/h1-6,9-10,19,25,28,31,42,46H,7-8,11-18,20-24H2,(H3-2,38,39,43,44,47,48,49,50,51);1H2/p+2. The predicted molar refractivity (Wildman–Crippen MR) is 206 cm³/mol. The second-order valence-electron chi connectivity index (χ2n) is 13.1. The third-order valence-electron chi connectivity index (χ3n) is 8.61. The van der Waals surface area contributed by atoms with E-state index >= 15 is 0 Å². The van der Waals surface area contributed by atoms with Gasteiger partial charge in [-0.15, -0.1) is 0 Å². The number of aliphatic hydroxyl groups is 2. The quantitative estimate of drug-likeness (QED) is 0.0278. The van der Waals surface area contributed by atoms with Gasteiger partial charge < -0.3 is 64.5 Å². The molecule has 0 radical (unpaired) electrons. The van der Waals surface area contributed by atoms with E-state index in [9.17, 15) is 52.8 Å². The maximum Gasteiger partial charge on any atom is 0.559 e. The Hall–Kier alpha value is -4.28. The van der Waals surface area contributed by atoms with Crippen molar-refractivity contribution < 1.29 is 91.3 Å². The number of hydrogen-bond donors (Lipinski definition) is 7.